The van der Waals surface area contributed by atoms with Crippen LogP contribution in [0.4, 0.5) is 5.13 Å². The first kappa shape index (κ1) is 24.9. The van der Waals surface area contributed by atoms with Crippen molar-refractivity contribution in [3.8, 4) is 0 Å². The van der Waals surface area contributed by atoms with Gasteiger partial charge in [-0.25, -0.2) is 13.4 Å². The summed E-state index contributed by atoms with van der Waals surface area (Å²) >= 11 is 1.53. The van der Waals surface area contributed by atoms with Gasteiger partial charge in [0.1, 0.15) is 13.1 Å². The van der Waals surface area contributed by atoms with E-state index in [4.69, 9.17) is 0 Å². The van der Waals surface area contributed by atoms with Crippen molar-refractivity contribution in [1.82, 2.24) is 9.29 Å². The summed E-state index contributed by atoms with van der Waals surface area (Å²) in [5.41, 5.74) is 5.01. The van der Waals surface area contributed by atoms with E-state index >= 15 is 0 Å². The molecule has 7 nitrogen and oxygen atoms in total. The van der Waals surface area contributed by atoms with Crippen molar-refractivity contribution < 1.29 is 18.1 Å². The number of hydrogen-bond acceptors (Lipinski definition) is 5. The Balaban J connectivity index is 1.10. The molecule has 0 saturated carbocycles. The summed E-state index contributed by atoms with van der Waals surface area (Å²) in [5, 5.41) is 3.50. The molecule has 1 aromatic heterocycles. The van der Waals surface area contributed by atoms with E-state index in [1.165, 1.54) is 48.7 Å². The molecule has 38 heavy (non-hydrogen) atoms. The summed E-state index contributed by atoms with van der Waals surface area (Å²) in [4.78, 5) is 20.5. The monoisotopic (exact) mass is 545 g/mol. The van der Waals surface area contributed by atoms with Gasteiger partial charge in [0, 0.05) is 30.6 Å². The van der Waals surface area contributed by atoms with Crippen LogP contribution in [0.2, 0.25) is 0 Å². The van der Waals surface area contributed by atoms with Gasteiger partial charge in [-0.3, -0.25) is 10.1 Å². The summed E-state index contributed by atoms with van der Waals surface area (Å²) < 4.78 is 28.0. The molecule has 1 unspecified atom stereocenters. The van der Waals surface area contributed by atoms with Crippen LogP contribution in [0.5, 0.6) is 0 Å². The van der Waals surface area contributed by atoms with Crippen molar-refractivity contribution >= 4 is 32.4 Å². The third kappa shape index (κ3) is 5.15. The summed E-state index contributed by atoms with van der Waals surface area (Å²) in [6.07, 6.45) is 1.58. The van der Waals surface area contributed by atoms with E-state index in [-0.39, 0.29) is 10.8 Å². The zero-order chi connectivity index (χ0) is 26.1. The number of thiazole rings is 1. The Labute approximate surface area is 226 Å². The minimum Gasteiger partial charge on any atom is -0.326 e. The fourth-order valence-corrected chi connectivity index (χ4v) is 7.68. The standard InChI is InChI=1S/C29H28N4O3S2/c34-28(31-29-30-26-15-16-32(20-27(26)37-29)18-21-6-2-1-3-7-21)23-10-12-25(13-11-23)38(35,36)33-17-14-22-8-4-5-9-24(22)19-33/h1-13H,14-20H2,(H,30,31,34)/p+1. The average Bonchev–Trinajstić information content (AvgIpc) is 3.35. The summed E-state index contributed by atoms with van der Waals surface area (Å²) in [5.74, 6) is -0.291. The fraction of sp³-hybridized carbons (Fsp3) is 0.241. The predicted molar refractivity (Wildman–Crippen MR) is 148 cm³/mol. The van der Waals surface area contributed by atoms with Gasteiger partial charge in [0.05, 0.1) is 22.0 Å². The first-order chi connectivity index (χ1) is 18.5. The maximum absolute atomic E-state index is 13.2. The molecule has 1 atom stereocenters. The second kappa shape index (κ2) is 10.4. The third-order valence-corrected chi connectivity index (χ3v) is 10.1. The third-order valence-electron chi connectivity index (χ3n) is 7.27. The van der Waals surface area contributed by atoms with Crippen molar-refractivity contribution in [2.24, 2.45) is 0 Å². The van der Waals surface area contributed by atoms with Gasteiger partial charge in [-0.1, -0.05) is 65.9 Å². The molecule has 3 heterocycles. The molecule has 4 aromatic rings. The van der Waals surface area contributed by atoms with Crippen LogP contribution < -0.4 is 10.2 Å². The number of anilines is 1. The minimum absolute atomic E-state index is 0.194. The van der Waals surface area contributed by atoms with Crippen molar-refractivity contribution in [3.63, 3.8) is 0 Å². The molecule has 0 spiro atoms. The Morgan fingerprint density at radius 1 is 0.947 bits per heavy atom. The van der Waals surface area contributed by atoms with Crippen LogP contribution >= 0.6 is 11.3 Å². The van der Waals surface area contributed by atoms with Gasteiger partial charge in [-0.15, -0.1) is 0 Å². The molecule has 2 aliphatic heterocycles. The molecule has 0 bridgehead atoms. The Morgan fingerprint density at radius 3 is 2.47 bits per heavy atom. The molecule has 0 saturated heterocycles. The number of rotatable bonds is 6. The number of amides is 1. The maximum Gasteiger partial charge on any atom is 0.257 e. The largest absolute Gasteiger partial charge is 0.326 e. The molecule has 2 N–H and O–H groups in total. The zero-order valence-electron chi connectivity index (χ0n) is 20.9. The van der Waals surface area contributed by atoms with Crippen LogP contribution in [0.1, 0.15) is 37.6 Å². The van der Waals surface area contributed by atoms with Crippen molar-refractivity contribution in [2.45, 2.75) is 37.4 Å². The van der Waals surface area contributed by atoms with E-state index in [2.05, 4.69) is 34.6 Å². The van der Waals surface area contributed by atoms with E-state index < -0.39 is 10.0 Å². The molecule has 1 amide bonds. The number of nitrogens with one attached hydrogen (secondary N) is 2. The van der Waals surface area contributed by atoms with E-state index in [0.29, 0.717) is 30.2 Å². The van der Waals surface area contributed by atoms with Crippen molar-refractivity contribution in [3.05, 3.63) is 112 Å². The van der Waals surface area contributed by atoms with Gasteiger partial charge in [-0.05, 0) is 41.8 Å². The molecule has 0 aliphatic carbocycles. The van der Waals surface area contributed by atoms with Gasteiger partial charge < -0.3 is 4.90 Å². The number of carbonyl (C=O) groups is 1. The number of hydrogen-bond donors (Lipinski definition) is 2. The molecule has 0 fully saturated rings. The van der Waals surface area contributed by atoms with Gasteiger partial charge in [-0.2, -0.15) is 4.31 Å². The SMILES string of the molecule is O=C(Nc1nc2c(s1)C[NH+](Cc1ccccc1)CC2)c1ccc(S(=O)(=O)N2CCc3ccccc3C2)cc1. The lowest BCUT2D eigenvalue weighted by molar-refractivity contribution is -0.929. The first-order valence-electron chi connectivity index (χ1n) is 12.8. The van der Waals surface area contributed by atoms with Gasteiger partial charge in [0.25, 0.3) is 5.91 Å². The molecule has 9 heteroatoms. The highest BCUT2D eigenvalue weighted by atomic mass is 32.2. The highest BCUT2D eigenvalue weighted by Gasteiger charge is 2.29. The second-order valence-corrected chi connectivity index (χ2v) is 12.8. The molecular formula is C29H29N4O3S2+. The number of benzene rings is 3. The lowest BCUT2D eigenvalue weighted by Crippen LogP contribution is -3.10. The number of carbonyl (C=O) groups excluding carboxylic acids is 1. The van der Waals surface area contributed by atoms with Crippen LogP contribution in [0.25, 0.3) is 0 Å². The molecule has 2 aliphatic rings. The Hall–Kier alpha value is -3.37. The van der Waals surface area contributed by atoms with Gasteiger partial charge in [0.2, 0.25) is 10.0 Å². The van der Waals surface area contributed by atoms with Crippen LogP contribution in [0, 0.1) is 0 Å². The normalized spacial score (nSPS) is 17.4. The van der Waals surface area contributed by atoms with Crippen LogP contribution in [-0.4, -0.2) is 36.7 Å². The lowest BCUT2D eigenvalue weighted by Gasteiger charge is -2.28. The number of fused-ring (bicyclic) bond motifs is 2. The Morgan fingerprint density at radius 2 is 1.68 bits per heavy atom. The van der Waals surface area contributed by atoms with E-state index in [1.807, 2.05) is 30.3 Å². The average molecular weight is 546 g/mol. The minimum atomic E-state index is -3.65. The van der Waals surface area contributed by atoms with Gasteiger partial charge in [0.15, 0.2) is 5.13 Å². The Kier molecular flexibility index (Phi) is 6.84. The maximum atomic E-state index is 13.2. The highest BCUT2D eigenvalue weighted by Crippen LogP contribution is 2.27. The van der Waals surface area contributed by atoms with E-state index in [1.54, 1.807) is 12.1 Å². The number of aromatic nitrogens is 1. The zero-order valence-corrected chi connectivity index (χ0v) is 22.5. The summed E-state index contributed by atoms with van der Waals surface area (Å²) in [7, 11) is -3.65. The molecular weight excluding hydrogens is 516 g/mol. The molecule has 194 valence electrons. The van der Waals surface area contributed by atoms with Crippen molar-refractivity contribution in [2.75, 3.05) is 18.4 Å². The van der Waals surface area contributed by atoms with E-state index in [0.717, 1.165) is 37.3 Å². The van der Waals surface area contributed by atoms with Crippen LogP contribution in [0.15, 0.2) is 83.8 Å². The van der Waals surface area contributed by atoms with E-state index in [9.17, 15) is 13.2 Å². The summed E-state index contributed by atoms with van der Waals surface area (Å²) in [6, 6.07) is 24.6. The smallest absolute Gasteiger partial charge is 0.257 e. The summed E-state index contributed by atoms with van der Waals surface area (Å²) in [6.45, 7) is 3.68. The van der Waals surface area contributed by atoms with Crippen molar-refractivity contribution in [1.29, 1.82) is 0 Å². The van der Waals surface area contributed by atoms with Crippen LogP contribution in [0.3, 0.4) is 0 Å². The first-order valence-corrected chi connectivity index (χ1v) is 15.1. The molecule has 0 radical (unpaired) electrons. The molecule has 6 rings (SSSR count). The van der Waals surface area contributed by atoms with Gasteiger partial charge >= 0.3 is 0 Å². The topological polar surface area (TPSA) is 83.8 Å². The Bertz CT molecular complexity index is 1570. The van der Waals surface area contributed by atoms with Crippen LogP contribution in [-0.2, 0) is 42.5 Å². The number of nitrogens with zero attached hydrogens (tertiary/aromatic N) is 2. The number of quaternary nitrogens is 1. The predicted octanol–water partition coefficient (Wildman–Crippen LogP) is 3.28. The lowest BCUT2D eigenvalue weighted by atomic mass is 10.0. The second-order valence-electron chi connectivity index (χ2n) is 9.81. The molecule has 3 aromatic carbocycles. The fourth-order valence-electron chi connectivity index (χ4n) is 5.19. The quantitative estimate of drug-likeness (QED) is 0.390. The number of sulfonamides is 1. The highest BCUT2D eigenvalue weighted by molar-refractivity contribution is 7.89.